The summed E-state index contributed by atoms with van der Waals surface area (Å²) < 4.78 is 7.48. The molecule has 4 heteroatoms. The van der Waals surface area contributed by atoms with E-state index in [1.54, 1.807) is 7.11 Å². The van der Waals surface area contributed by atoms with Crippen LogP contribution in [-0.2, 0) is 6.54 Å². The standard InChI is InChI=1S/C15H21ClN2O/c1-10(2)7-8-18-14-6-5-12(19-4)9-13(14)17-15(18)11(3)16/h5-6,9-11H,7-8H2,1-4H3. The summed E-state index contributed by atoms with van der Waals surface area (Å²) in [5.41, 5.74) is 2.08. The first-order chi connectivity index (χ1) is 9.02. The van der Waals surface area contributed by atoms with Crippen molar-refractivity contribution in [3.8, 4) is 5.75 Å². The molecule has 0 fully saturated rings. The maximum absolute atomic E-state index is 6.25. The zero-order chi connectivity index (χ0) is 14.0. The van der Waals surface area contributed by atoms with Crippen LogP contribution >= 0.6 is 11.6 Å². The number of benzene rings is 1. The molecule has 19 heavy (non-hydrogen) atoms. The van der Waals surface area contributed by atoms with Crippen LogP contribution in [0.15, 0.2) is 18.2 Å². The second-order valence-corrected chi connectivity index (χ2v) is 5.93. The highest BCUT2D eigenvalue weighted by Gasteiger charge is 2.15. The third-order valence-corrected chi connectivity index (χ3v) is 3.47. The predicted molar refractivity (Wildman–Crippen MR) is 80.0 cm³/mol. The van der Waals surface area contributed by atoms with Gasteiger partial charge in [0.1, 0.15) is 11.6 Å². The van der Waals surface area contributed by atoms with Crippen LogP contribution in [-0.4, -0.2) is 16.7 Å². The van der Waals surface area contributed by atoms with Gasteiger partial charge in [-0.25, -0.2) is 4.98 Å². The Labute approximate surface area is 119 Å². The van der Waals surface area contributed by atoms with E-state index >= 15 is 0 Å². The van der Waals surface area contributed by atoms with Crippen LogP contribution in [0.25, 0.3) is 11.0 Å². The number of methoxy groups -OCH3 is 1. The monoisotopic (exact) mass is 280 g/mol. The number of nitrogens with zero attached hydrogens (tertiary/aromatic N) is 2. The second kappa shape index (κ2) is 5.83. The highest BCUT2D eigenvalue weighted by molar-refractivity contribution is 6.20. The van der Waals surface area contributed by atoms with Crippen molar-refractivity contribution in [2.45, 2.75) is 39.1 Å². The molecule has 0 aliphatic carbocycles. The topological polar surface area (TPSA) is 27.1 Å². The highest BCUT2D eigenvalue weighted by atomic mass is 35.5. The van der Waals surface area contributed by atoms with E-state index < -0.39 is 0 Å². The van der Waals surface area contributed by atoms with Crippen molar-refractivity contribution in [2.24, 2.45) is 5.92 Å². The molecule has 0 radical (unpaired) electrons. The molecule has 104 valence electrons. The third kappa shape index (κ3) is 3.03. The van der Waals surface area contributed by atoms with Gasteiger partial charge in [-0.15, -0.1) is 11.6 Å². The van der Waals surface area contributed by atoms with Crippen LogP contribution in [0.4, 0.5) is 0 Å². The molecule has 1 aromatic heterocycles. The average molecular weight is 281 g/mol. The molecule has 0 bridgehead atoms. The summed E-state index contributed by atoms with van der Waals surface area (Å²) in [6, 6.07) is 5.99. The lowest BCUT2D eigenvalue weighted by atomic mass is 10.1. The number of halogens is 1. The van der Waals surface area contributed by atoms with Crippen molar-refractivity contribution >= 4 is 22.6 Å². The average Bonchev–Trinajstić information content (AvgIpc) is 2.73. The van der Waals surface area contributed by atoms with E-state index in [4.69, 9.17) is 16.3 Å². The minimum absolute atomic E-state index is 0.0921. The van der Waals surface area contributed by atoms with E-state index in [1.165, 1.54) is 0 Å². The van der Waals surface area contributed by atoms with Gasteiger partial charge in [-0.3, -0.25) is 0 Å². The number of hydrogen-bond donors (Lipinski definition) is 0. The largest absolute Gasteiger partial charge is 0.497 e. The van der Waals surface area contributed by atoms with Crippen molar-refractivity contribution < 1.29 is 4.74 Å². The molecular formula is C15H21ClN2O. The molecular weight excluding hydrogens is 260 g/mol. The van der Waals surface area contributed by atoms with E-state index in [1.807, 2.05) is 19.1 Å². The number of ether oxygens (including phenoxy) is 1. The Morgan fingerprint density at radius 3 is 2.63 bits per heavy atom. The Morgan fingerprint density at radius 2 is 2.05 bits per heavy atom. The van der Waals surface area contributed by atoms with Crippen LogP contribution in [0.5, 0.6) is 5.75 Å². The Balaban J connectivity index is 2.47. The Kier molecular flexibility index (Phi) is 4.35. The fourth-order valence-corrected chi connectivity index (χ4v) is 2.35. The van der Waals surface area contributed by atoms with E-state index in [0.717, 1.165) is 35.6 Å². The van der Waals surface area contributed by atoms with Crippen LogP contribution < -0.4 is 4.74 Å². The molecule has 1 aromatic carbocycles. The molecule has 0 aliphatic heterocycles. The van der Waals surface area contributed by atoms with Gasteiger partial charge in [-0.05, 0) is 31.4 Å². The molecule has 0 saturated heterocycles. The quantitative estimate of drug-likeness (QED) is 0.760. The van der Waals surface area contributed by atoms with E-state index in [9.17, 15) is 0 Å². The van der Waals surface area contributed by atoms with Gasteiger partial charge in [-0.2, -0.15) is 0 Å². The molecule has 0 saturated carbocycles. The molecule has 2 aromatic rings. The van der Waals surface area contributed by atoms with E-state index in [2.05, 4.69) is 29.5 Å². The molecule has 0 amide bonds. The van der Waals surface area contributed by atoms with Crippen molar-refractivity contribution in [2.75, 3.05) is 7.11 Å². The Bertz CT molecular complexity index is 561. The summed E-state index contributed by atoms with van der Waals surface area (Å²) in [5, 5.41) is -0.0921. The van der Waals surface area contributed by atoms with Crippen molar-refractivity contribution in [3.05, 3.63) is 24.0 Å². The van der Waals surface area contributed by atoms with Crippen LogP contribution in [0, 0.1) is 5.92 Å². The predicted octanol–water partition coefficient (Wildman–Crippen LogP) is 4.39. The van der Waals surface area contributed by atoms with Crippen LogP contribution in [0.1, 0.15) is 38.4 Å². The summed E-state index contributed by atoms with van der Waals surface area (Å²) in [4.78, 5) is 4.65. The summed E-state index contributed by atoms with van der Waals surface area (Å²) in [7, 11) is 1.67. The van der Waals surface area contributed by atoms with Gasteiger partial charge in [0, 0.05) is 12.6 Å². The molecule has 1 heterocycles. The molecule has 1 atom stereocenters. The molecule has 0 aliphatic rings. The van der Waals surface area contributed by atoms with Gasteiger partial charge in [0.25, 0.3) is 0 Å². The molecule has 3 nitrogen and oxygen atoms in total. The SMILES string of the molecule is COc1ccc2c(c1)nc(C(C)Cl)n2CCC(C)C. The summed E-state index contributed by atoms with van der Waals surface area (Å²) in [6.45, 7) is 7.37. The molecule has 1 unspecified atom stereocenters. The van der Waals surface area contributed by atoms with Crippen molar-refractivity contribution in [3.63, 3.8) is 0 Å². The lowest BCUT2D eigenvalue weighted by Crippen LogP contribution is -2.06. The molecule has 2 rings (SSSR count). The van der Waals surface area contributed by atoms with Gasteiger partial charge >= 0.3 is 0 Å². The van der Waals surface area contributed by atoms with Gasteiger partial charge in [0.05, 0.1) is 23.5 Å². The number of aryl methyl sites for hydroxylation is 1. The van der Waals surface area contributed by atoms with Crippen molar-refractivity contribution in [1.29, 1.82) is 0 Å². The first-order valence-corrected chi connectivity index (χ1v) is 7.14. The maximum Gasteiger partial charge on any atom is 0.127 e. The van der Waals surface area contributed by atoms with Gasteiger partial charge in [0.15, 0.2) is 0 Å². The zero-order valence-electron chi connectivity index (χ0n) is 12.0. The fourth-order valence-electron chi connectivity index (χ4n) is 2.18. The van der Waals surface area contributed by atoms with E-state index in [-0.39, 0.29) is 5.38 Å². The minimum Gasteiger partial charge on any atom is -0.497 e. The number of fused-ring (bicyclic) bond motifs is 1. The summed E-state index contributed by atoms with van der Waals surface area (Å²) in [6.07, 6.45) is 1.12. The van der Waals surface area contributed by atoms with Crippen LogP contribution in [0.3, 0.4) is 0 Å². The number of rotatable bonds is 5. The smallest absolute Gasteiger partial charge is 0.127 e. The zero-order valence-corrected chi connectivity index (χ0v) is 12.7. The number of aromatic nitrogens is 2. The first-order valence-electron chi connectivity index (χ1n) is 6.71. The number of alkyl halides is 1. The summed E-state index contributed by atoms with van der Waals surface area (Å²) in [5.74, 6) is 2.43. The van der Waals surface area contributed by atoms with Crippen LogP contribution in [0.2, 0.25) is 0 Å². The lowest BCUT2D eigenvalue weighted by Gasteiger charge is -2.12. The highest BCUT2D eigenvalue weighted by Crippen LogP contribution is 2.27. The first kappa shape index (κ1) is 14.2. The van der Waals surface area contributed by atoms with Gasteiger partial charge in [-0.1, -0.05) is 13.8 Å². The summed E-state index contributed by atoms with van der Waals surface area (Å²) >= 11 is 6.25. The normalized spacial score (nSPS) is 13.2. The third-order valence-electron chi connectivity index (χ3n) is 3.27. The second-order valence-electron chi connectivity index (χ2n) is 5.27. The number of hydrogen-bond acceptors (Lipinski definition) is 2. The number of imidazole rings is 1. The fraction of sp³-hybridized carbons (Fsp3) is 0.533. The van der Waals surface area contributed by atoms with Gasteiger partial charge < -0.3 is 9.30 Å². The molecule has 0 N–H and O–H groups in total. The van der Waals surface area contributed by atoms with Gasteiger partial charge in [0.2, 0.25) is 0 Å². The Morgan fingerprint density at radius 1 is 1.32 bits per heavy atom. The lowest BCUT2D eigenvalue weighted by molar-refractivity contribution is 0.415. The van der Waals surface area contributed by atoms with E-state index in [0.29, 0.717) is 5.92 Å². The minimum atomic E-state index is -0.0921. The maximum atomic E-state index is 6.25. The Hall–Kier alpha value is -1.22. The molecule has 0 spiro atoms. The van der Waals surface area contributed by atoms with Crippen molar-refractivity contribution in [1.82, 2.24) is 9.55 Å².